The summed E-state index contributed by atoms with van der Waals surface area (Å²) >= 11 is 0. The number of aromatic nitrogens is 2. The van der Waals surface area contributed by atoms with Crippen LogP contribution in [0.1, 0.15) is 40.4 Å². The minimum atomic E-state index is -0.484. The van der Waals surface area contributed by atoms with Crippen molar-refractivity contribution in [2.75, 3.05) is 5.73 Å². The summed E-state index contributed by atoms with van der Waals surface area (Å²) in [6.45, 7) is 3.81. The molecule has 1 aliphatic rings. The molecule has 2 aromatic rings. The summed E-state index contributed by atoms with van der Waals surface area (Å²) in [7, 11) is 0. The van der Waals surface area contributed by atoms with E-state index in [4.69, 9.17) is 17.2 Å². The smallest absolute Gasteiger partial charge is 0.283 e. The molecule has 1 saturated carbocycles. The Morgan fingerprint density at radius 2 is 2.13 bits per heavy atom. The lowest BCUT2D eigenvalue weighted by molar-refractivity contribution is 0.100. The van der Waals surface area contributed by atoms with Crippen molar-refractivity contribution in [3.63, 3.8) is 0 Å². The third-order valence-corrected chi connectivity index (χ3v) is 3.78. The molecule has 1 aromatic heterocycles. The molecule has 0 saturated heterocycles. The number of nitrogen functional groups attached to an aromatic ring is 1. The summed E-state index contributed by atoms with van der Waals surface area (Å²) in [5, 5.41) is 4.37. The second-order valence-electron chi connectivity index (χ2n) is 5.46. The van der Waals surface area contributed by atoms with Gasteiger partial charge in [0.2, 0.25) is 0 Å². The van der Waals surface area contributed by atoms with Gasteiger partial charge in [0.15, 0.2) is 5.96 Å². The zero-order valence-corrected chi connectivity index (χ0v) is 12.6. The van der Waals surface area contributed by atoms with Crippen LogP contribution in [0, 0.1) is 0 Å². The van der Waals surface area contributed by atoms with Gasteiger partial charge in [-0.25, -0.2) is 4.68 Å². The number of carbonyl (C=O) groups is 1. The first-order chi connectivity index (χ1) is 11.0. The Morgan fingerprint density at radius 1 is 1.39 bits per heavy atom. The molecule has 7 nitrogen and oxygen atoms in total. The Balaban J connectivity index is 2.17. The van der Waals surface area contributed by atoms with Crippen molar-refractivity contribution in [1.82, 2.24) is 9.78 Å². The molecule has 0 atom stereocenters. The molecular formula is C16H18N6O. The van der Waals surface area contributed by atoms with Crippen LogP contribution in [0.15, 0.2) is 36.0 Å². The lowest BCUT2D eigenvalue weighted by Crippen LogP contribution is -2.24. The second-order valence-corrected chi connectivity index (χ2v) is 5.46. The third kappa shape index (κ3) is 2.68. The highest BCUT2D eigenvalue weighted by molar-refractivity contribution is 6.02. The molecule has 1 aromatic carbocycles. The molecule has 6 N–H and O–H groups in total. The van der Waals surface area contributed by atoms with Gasteiger partial charge in [0.25, 0.3) is 5.91 Å². The predicted octanol–water partition coefficient (Wildman–Crippen LogP) is 1.39. The third-order valence-electron chi connectivity index (χ3n) is 3.78. The normalized spacial score (nSPS) is 13.6. The number of rotatable bonds is 4. The Hall–Kier alpha value is -3.09. The van der Waals surface area contributed by atoms with Gasteiger partial charge >= 0.3 is 0 Å². The highest BCUT2D eigenvalue weighted by atomic mass is 16.1. The lowest BCUT2D eigenvalue weighted by atomic mass is 10.1. The van der Waals surface area contributed by atoms with Crippen molar-refractivity contribution in [1.29, 1.82) is 0 Å². The van der Waals surface area contributed by atoms with E-state index in [1.54, 1.807) is 16.8 Å². The van der Waals surface area contributed by atoms with Gasteiger partial charge < -0.3 is 17.2 Å². The second kappa shape index (κ2) is 5.60. The fourth-order valence-electron chi connectivity index (χ4n) is 2.62. The first kappa shape index (κ1) is 14.8. The first-order valence-electron chi connectivity index (χ1n) is 7.26. The van der Waals surface area contributed by atoms with Crippen molar-refractivity contribution in [3.05, 3.63) is 47.8 Å². The van der Waals surface area contributed by atoms with Crippen molar-refractivity contribution < 1.29 is 4.79 Å². The fourth-order valence-corrected chi connectivity index (χ4v) is 2.62. The number of nitrogens with zero attached hydrogens (tertiary/aromatic N) is 3. The van der Waals surface area contributed by atoms with Crippen LogP contribution in [0.4, 0.5) is 5.69 Å². The fraction of sp³-hybridized carbons (Fsp3) is 0.188. The number of nitrogens with two attached hydrogens (primary N) is 3. The van der Waals surface area contributed by atoms with E-state index in [1.807, 2.05) is 12.1 Å². The highest BCUT2D eigenvalue weighted by Crippen LogP contribution is 2.43. The Kier molecular flexibility index (Phi) is 3.61. The SMILES string of the molecule is C=Cc1c(N)cccc1-n1ncc(C(=O)N=C(N)N)c1C1CC1. The van der Waals surface area contributed by atoms with Crippen molar-refractivity contribution >= 4 is 23.6 Å². The summed E-state index contributed by atoms with van der Waals surface area (Å²) in [6, 6.07) is 5.53. The Morgan fingerprint density at radius 3 is 2.74 bits per heavy atom. The van der Waals surface area contributed by atoms with Gasteiger partial charge in [-0.15, -0.1) is 0 Å². The number of benzene rings is 1. The topological polar surface area (TPSA) is 125 Å². The van der Waals surface area contributed by atoms with Crippen LogP contribution >= 0.6 is 0 Å². The zero-order valence-electron chi connectivity index (χ0n) is 12.6. The average molecular weight is 310 g/mol. The molecule has 0 unspecified atom stereocenters. The molecular weight excluding hydrogens is 292 g/mol. The van der Waals surface area contributed by atoms with Gasteiger partial charge in [0.05, 0.1) is 23.1 Å². The molecule has 0 aliphatic heterocycles. The van der Waals surface area contributed by atoms with E-state index < -0.39 is 5.91 Å². The minimum Gasteiger partial charge on any atom is -0.398 e. The van der Waals surface area contributed by atoms with E-state index in [-0.39, 0.29) is 11.9 Å². The Bertz CT molecular complexity index is 812. The van der Waals surface area contributed by atoms with Crippen molar-refractivity contribution in [3.8, 4) is 5.69 Å². The summed E-state index contributed by atoms with van der Waals surface area (Å²) < 4.78 is 1.74. The predicted molar refractivity (Wildman–Crippen MR) is 90.2 cm³/mol. The lowest BCUT2D eigenvalue weighted by Gasteiger charge is -2.12. The van der Waals surface area contributed by atoms with Gasteiger partial charge in [-0.2, -0.15) is 10.1 Å². The summed E-state index contributed by atoms with van der Waals surface area (Å²) in [5.41, 5.74) is 20.0. The van der Waals surface area contributed by atoms with Crippen molar-refractivity contribution in [2.45, 2.75) is 18.8 Å². The van der Waals surface area contributed by atoms with Gasteiger partial charge in [0.1, 0.15) is 0 Å². The molecule has 1 heterocycles. The number of anilines is 1. The largest absolute Gasteiger partial charge is 0.398 e. The summed E-state index contributed by atoms with van der Waals surface area (Å²) in [4.78, 5) is 15.8. The highest BCUT2D eigenvalue weighted by Gasteiger charge is 2.33. The monoisotopic (exact) mass is 310 g/mol. The number of hydrogen-bond donors (Lipinski definition) is 3. The van der Waals surface area contributed by atoms with Gasteiger partial charge in [-0.1, -0.05) is 18.7 Å². The molecule has 1 aliphatic carbocycles. The Labute approximate surface area is 133 Å². The molecule has 3 rings (SSSR count). The quantitative estimate of drug-likeness (QED) is 0.447. The van der Waals surface area contributed by atoms with E-state index in [1.165, 1.54) is 6.20 Å². The first-order valence-corrected chi connectivity index (χ1v) is 7.26. The maximum absolute atomic E-state index is 12.2. The minimum absolute atomic E-state index is 0.264. The molecule has 118 valence electrons. The number of carbonyl (C=O) groups excluding carboxylic acids is 1. The summed E-state index contributed by atoms with van der Waals surface area (Å²) in [5.74, 6) is -0.479. The standard InChI is InChI=1S/C16H18N6O/c1-2-10-12(17)4-3-5-13(10)22-14(9-6-7-9)11(8-20-22)15(23)21-16(18)19/h2-5,8-9H,1,6-7,17H2,(H4,18,19,21,23). The van der Waals surface area contributed by atoms with E-state index in [0.29, 0.717) is 11.3 Å². The maximum Gasteiger partial charge on any atom is 0.283 e. The van der Waals surface area contributed by atoms with Crippen LogP contribution in [0.5, 0.6) is 0 Å². The van der Waals surface area contributed by atoms with E-state index >= 15 is 0 Å². The van der Waals surface area contributed by atoms with Crippen LogP contribution in [0.3, 0.4) is 0 Å². The van der Waals surface area contributed by atoms with Crippen LogP contribution in [0.25, 0.3) is 11.8 Å². The number of guanidine groups is 1. The van der Waals surface area contributed by atoms with E-state index in [2.05, 4.69) is 16.7 Å². The van der Waals surface area contributed by atoms with Crippen LogP contribution in [-0.2, 0) is 0 Å². The van der Waals surface area contributed by atoms with Gasteiger partial charge in [-0.3, -0.25) is 4.79 Å². The molecule has 23 heavy (non-hydrogen) atoms. The molecule has 0 bridgehead atoms. The maximum atomic E-state index is 12.2. The van der Waals surface area contributed by atoms with E-state index in [9.17, 15) is 4.79 Å². The zero-order chi connectivity index (χ0) is 16.6. The average Bonchev–Trinajstić information content (AvgIpc) is 3.24. The molecule has 7 heteroatoms. The summed E-state index contributed by atoms with van der Waals surface area (Å²) in [6.07, 6.45) is 5.18. The molecule has 1 fully saturated rings. The number of hydrogen-bond acceptors (Lipinski definition) is 3. The van der Waals surface area contributed by atoms with Gasteiger partial charge in [-0.05, 0) is 25.0 Å². The molecule has 0 spiro atoms. The number of aliphatic imine (C=N–C) groups is 1. The van der Waals surface area contributed by atoms with Crippen LogP contribution in [-0.4, -0.2) is 21.6 Å². The number of amides is 1. The van der Waals surface area contributed by atoms with Crippen LogP contribution < -0.4 is 17.2 Å². The van der Waals surface area contributed by atoms with Gasteiger partial charge in [0, 0.05) is 17.2 Å². The van der Waals surface area contributed by atoms with Crippen LogP contribution in [0.2, 0.25) is 0 Å². The molecule has 0 radical (unpaired) electrons. The van der Waals surface area contributed by atoms with Crippen molar-refractivity contribution in [2.24, 2.45) is 16.5 Å². The molecule has 1 amide bonds. The van der Waals surface area contributed by atoms with E-state index in [0.717, 1.165) is 29.8 Å².